The number of ether oxygens (including phenoxy) is 1. The maximum absolute atomic E-state index is 11.9. The van der Waals surface area contributed by atoms with Gasteiger partial charge in [-0.15, -0.1) is 0 Å². The molecule has 1 aromatic carbocycles. The lowest BCUT2D eigenvalue weighted by molar-refractivity contribution is 0.111. The summed E-state index contributed by atoms with van der Waals surface area (Å²) in [5.41, 5.74) is 1.40. The molecule has 2 aliphatic heterocycles. The van der Waals surface area contributed by atoms with Gasteiger partial charge in [0.2, 0.25) is 0 Å². The maximum Gasteiger partial charge on any atom is 0.314 e. The number of amides is 2. The minimum absolute atomic E-state index is 0.0618. The van der Waals surface area contributed by atoms with E-state index in [1.807, 2.05) is 0 Å². The zero-order chi connectivity index (χ0) is 16.6. The molecule has 2 N–H and O–H groups in total. The number of benzene rings is 1. The van der Waals surface area contributed by atoms with Crippen LogP contribution in [0.4, 0.5) is 4.79 Å². The molecule has 0 aromatic heterocycles. The Morgan fingerprint density at radius 3 is 2.79 bits per heavy atom. The van der Waals surface area contributed by atoms with Crippen LogP contribution in [0, 0.1) is 5.92 Å². The number of nitrogens with one attached hydrogen (secondary N) is 2. The molecule has 132 valence electrons. The van der Waals surface area contributed by atoms with E-state index in [0.29, 0.717) is 12.5 Å². The Morgan fingerprint density at radius 2 is 2.00 bits per heavy atom. The van der Waals surface area contributed by atoms with E-state index in [0.717, 1.165) is 52.0 Å². The molecule has 2 amide bonds. The van der Waals surface area contributed by atoms with Gasteiger partial charge in [0, 0.05) is 32.8 Å². The maximum atomic E-state index is 11.9. The molecule has 5 heteroatoms. The zero-order valence-electron chi connectivity index (χ0n) is 14.4. The summed E-state index contributed by atoms with van der Waals surface area (Å²) in [6.45, 7) is 5.54. The Hall–Kier alpha value is -1.59. The van der Waals surface area contributed by atoms with E-state index in [1.165, 1.54) is 12.0 Å². The summed E-state index contributed by atoms with van der Waals surface area (Å²) in [7, 11) is 0. The second-order valence-electron chi connectivity index (χ2n) is 6.92. The molecule has 1 aromatic rings. The second-order valence-corrected chi connectivity index (χ2v) is 6.92. The van der Waals surface area contributed by atoms with E-state index >= 15 is 0 Å². The molecular weight excluding hydrogens is 302 g/mol. The summed E-state index contributed by atoms with van der Waals surface area (Å²) in [6.07, 6.45) is 4.63. The molecule has 0 aliphatic carbocycles. The summed E-state index contributed by atoms with van der Waals surface area (Å²) in [6, 6.07) is 10.6. The molecule has 2 saturated heterocycles. The Labute approximate surface area is 144 Å². The van der Waals surface area contributed by atoms with Gasteiger partial charge in [0.15, 0.2) is 0 Å². The van der Waals surface area contributed by atoms with Crippen LogP contribution < -0.4 is 10.6 Å². The molecule has 5 nitrogen and oxygen atoms in total. The van der Waals surface area contributed by atoms with Crippen molar-refractivity contribution in [2.75, 3.05) is 39.3 Å². The first-order valence-corrected chi connectivity index (χ1v) is 9.19. The van der Waals surface area contributed by atoms with Gasteiger partial charge in [-0.2, -0.15) is 0 Å². The molecule has 2 atom stereocenters. The highest BCUT2D eigenvalue weighted by Crippen LogP contribution is 2.16. The molecule has 0 spiro atoms. The van der Waals surface area contributed by atoms with Gasteiger partial charge in [0.25, 0.3) is 0 Å². The van der Waals surface area contributed by atoms with Gasteiger partial charge in [-0.25, -0.2) is 4.79 Å². The average Bonchev–Trinajstić information content (AvgIpc) is 3.29. The molecule has 3 rings (SSSR count). The van der Waals surface area contributed by atoms with Crippen molar-refractivity contribution in [2.24, 2.45) is 5.92 Å². The van der Waals surface area contributed by atoms with Gasteiger partial charge in [-0.1, -0.05) is 30.3 Å². The van der Waals surface area contributed by atoms with Crippen molar-refractivity contribution in [1.82, 2.24) is 15.5 Å². The third kappa shape index (κ3) is 5.49. The van der Waals surface area contributed by atoms with Crippen LogP contribution in [0.3, 0.4) is 0 Å². The number of urea groups is 1. The smallest absolute Gasteiger partial charge is 0.314 e. The van der Waals surface area contributed by atoms with Crippen LogP contribution in [0.5, 0.6) is 0 Å². The fourth-order valence-electron chi connectivity index (χ4n) is 3.53. The topological polar surface area (TPSA) is 53.6 Å². The van der Waals surface area contributed by atoms with Crippen molar-refractivity contribution in [3.63, 3.8) is 0 Å². The zero-order valence-corrected chi connectivity index (χ0v) is 14.4. The van der Waals surface area contributed by atoms with Gasteiger partial charge in [0.1, 0.15) is 0 Å². The number of hydrogen-bond donors (Lipinski definition) is 2. The quantitative estimate of drug-likeness (QED) is 0.804. The molecule has 0 saturated carbocycles. The van der Waals surface area contributed by atoms with Crippen LogP contribution in [-0.4, -0.2) is 56.4 Å². The van der Waals surface area contributed by atoms with Crippen LogP contribution in [0.25, 0.3) is 0 Å². The number of nitrogens with zero attached hydrogens (tertiary/aromatic N) is 1. The third-order valence-corrected chi connectivity index (χ3v) is 5.00. The summed E-state index contributed by atoms with van der Waals surface area (Å²) in [4.78, 5) is 14.4. The minimum Gasteiger partial charge on any atom is -0.376 e. The highest BCUT2D eigenvalue weighted by Gasteiger charge is 2.22. The van der Waals surface area contributed by atoms with E-state index in [4.69, 9.17) is 4.74 Å². The standard InChI is InChI=1S/C19H29N3O2/c23-19(21-14-18-7-4-12-24-18)20-13-17-9-11-22(15-17)10-8-16-5-2-1-3-6-16/h1-3,5-6,17-18H,4,7-15H2,(H2,20,21,23)/t17-,18-/m1/s1. The molecular formula is C19H29N3O2. The monoisotopic (exact) mass is 331 g/mol. The van der Waals surface area contributed by atoms with E-state index in [9.17, 15) is 4.79 Å². The molecule has 24 heavy (non-hydrogen) atoms. The number of carbonyl (C=O) groups is 1. The first-order valence-electron chi connectivity index (χ1n) is 9.19. The minimum atomic E-state index is -0.0618. The fourth-order valence-corrected chi connectivity index (χ4v) is 3.53. The Kier molecular flexibility index (Phi) is 6.49. The highest BCUT2D eigenvalue weighted by molar-refractivity contribution is 5.73. The van der Waals surface area contributed by atoms with Gasteiger partial charge in [0.05, 0.1) is 6.10 Å². The van der Waals surface area contributed by atoms with E-state index < -0.39 is 0 Å². The summed E-state index contributed by atoms with van der Waals surface area (Å²) >= 11 is 0. The van der Waals surface area contributed by atoms with Crippen LogP contribution in [0.1, 0.15) is 24.8 Å². The largest absolute Gasteiger partial charge is 0.376 e. The van der Waals surface area contributed by atoms with E-state index in [-0.39, 0.29) is 12.1 Å². The molecule has 2 heterocycles. The molecule has 2 fully saturated rings. The van der Waals surface area contributed by atoms with Crippen LogP contribution in [-0.2, 0) is 11.2 Å². The van der Waals surface area contributed by atoms with Gasteiger partial charge in [-0.3, -0.25) is 0 Å². The Bertz CT molecular complexity index is 503. The van der Waals surface area contributed by atoms with E-state index in [1.54, 1.807) is 0 Å². The second kappa shape index (κ2) is 9.04. The lowest BCUT2D eigenvalue weighted by Gasteiger charge is -2.17. The van der Waals surface area contributed by atoms with Gasteiger partial charge >= 0.3 is 6.03 Å². The van der Waals surface area contributed by atoms with Gasteiger partial charge < -0.3 is 20.3 Å². The number of rotatable bonds is 7. The molecule has 2 aliphatic rings. The first-order chi connectivity index (χ1) is 11.8. The Morgan fingerprint density at radius 1 is 1.17 bits per heavy atom. The summed E-state index contributed by atoms with van der Waals surface area (Å²) in [5, 5.41) is 5.93. The van der Waals surface area contributed by atoms with Crippen molar-refractivity contribution in [2.45, 2.75) is 31.8 Å². The summed E-state index contributed by atoms with van der Waals surface area (Å²) in [5.74, 6) is 0.564. The van der Waals surface area contributed by atoms with Crippen molar-refractivity contribution < 1.29 is 9.53 Å². The fraction of sp³-hybridized carbons (Fsp3) is 0.632. The highest BCUT2D eigenvalue weighted by atomic mass is 16.5. The average molecular weight is 331 g/mol. The van der Waals surface area contributed by atoms with Gasteiger partial charge in [-0.05, 0) is 43.7 Å². The summed E-state index contributed by atoms with van der Waals surface area (Å²) < 4.78 is 5.51. The van der Waals surface area contributed by atoms with Crippen molar-refractivity contribution in [3.05, 3.63) is 35.9 Å². The van der Waals surface area contributed by atoms with Crippen molar-refractivity contribution in [3.8, 4) is 0 Å². The number of likely N-dealkylation sites (tertiary alicyclic amines) is 1. The lowest BCUT2D eigenvalue weighted by atomic mass is 10.1. The number of hydrogen-bond acceptors (Lipinski definition) is 3. The Balaban J connectivity index is 1.27. The number of carbonyl (C=O) groups excluding carboxylic acids is 1. The SMILES string of the molecule is O=C(NC[C@H]1CCN(CCc2ccccc2)C1)NC[C@H]1CCCO1. The van der Waals surface area contributed by atoms with E-state index in [2.05, 4.69) is 45.9 Å². The van der Waals surface area contributed by atoms with Crippen molar-refractivity contribution in [1.29, 1.82) is 0 Å². The molecule has 0 unspecified atom stereocenters. The van der Waals surface area contributed by atoms with Crippen LogP contribution >= 0.6 is 0 Å². The van der Waals surface area contributed by atoms with Crippen LogP contribution in [0.2, 0.25) is 0 Å². The molecule has 0 radical (unpaired) electrons. The lowest BCUT2D eigenvalue weighted by Crippen LogP contribution is -2.41. The van der Waals surface area contributed by atoms with Crippen molar-refractivity contribution >= 4 is 6.03 Å². The predicted octanol–water partition coefficient (Wildman–Crippen LogP) is 2.03. The third-order valence-electron chi connectivity index (χ3n) is 5.00. The first kappa shape index (κ1) is 17.2. The molecule has 0 bridgehead atoms. The van der Waals surface area contributed by atoms with Crippen LogP contribution in [0.15, 0.2) is 30.3 Å². The predicted molar refractivity (Wildman–Crippen MR) is 95.1 cm³/mol. The normalized spacial score (nSPS) is 24.2.